The van der Waals surface area contributed by atoms with Crippen LogP contribution in [0.1, 0.15) is 0 Å². The van der Waals surface area contributed by atoms with Gasteiger partial charge in [0.25, 0.3) is 0 Å². The Morgan fingerprint density at radius 2 is 1.71 bits per heavy atom. The smallest absolute Gasteiger partial charge is 0.110 e. The van der Waals surface area contributed by atoms with Gasteiger partial charge in [-0.1, -0.05) is 12.2 Å². The number of hydrogen-bond donors (Lipinski definition) is 2. The first kappa shape index (κ1) is 10.7. The van der Waals surface area contributed by atoms with Crippen LogP contribution < -0.4 is 5.73 Å². The van der Waals surface area contributed by atoms with E-state index in [0.717, 1.165) is 0 Å². The van der Waals surface area contributed by atoms with Gasteiger partial charge in [0, 0.05) is 17.1 Å². The molecule has 0 rings (SSSR count). The molecule has 4 heteroatoms. The van der Waals surface area contributed by atoms with Crippen LogP contribution in [0, 0.1) is 0 Å². The molecule has 1 radical (unpaired) electrons. The van der Waals surface area contributed by atoms with Crippen LogP contribution in [0.25, 0.3) is 0 Å². The van der Waals surface area contributed by atoms with E-state index in [2.05, 4.69) is 12.2 Å². The predicted octanol–water partition coefficient (Wildman–Crippen LogP) is 0.488. The van der Waals surface area contributed by atoms with Crippen molar-refractivity contribution >= 4 is 27.4 Å². The zero-order valence-corrected chi connectivity index (χ0v) is 6.89. The third kappa shape index (κ3) is 6.76. The molecule has 0 atom stereocenters. The van der Waals surface area contributed by atoms with E-state index in [1.54, 1.807) is 0 Å². The van der Waals surface area contributed by atoms with E-state index >= 15 is 0 Å². The molecule has 1 nitrogen and oxygen atoms in total. The molecule has 0 heterocycles. The molecule has 49 valence electrons. The normalized spacial score (nSPS) is 9.14. The van der Waals surface area contributed by atoms with Crippen LogP contribution in [-0.2, 0) is 17.1 Å². The van der Waals surface area contributed by atoms with Gasteiger partial charge >= 0.3 is 0 Å². The fourth-order valence-corrected chi connectivity index (χ4v) is 0. The van der Waals surface area contributed by atoms with Gasteiger partial charge in [-0.25, -0.2) is 10.9 Å². The fraction of sp³-hybridized carbons (Fsp3) is 0.667. The molecule has 0 unspecified atom stereocenters. The maximum absolute atomic E-state index is 5.20. The van der Waals surface area contributed by atoms with Crippen molar-refractivity contribution in [1.29, 1.82) is 0 Å². The standard InChI is InChI=1S/C3H9NS2.Cu/c1-6(2)3(4)5;/h6H,1-2H3,(H2,4,5);. The van der Waals surface area contributed by atoms with Gasteiger partial charge in [-0.15, -0.1) is 0 Å². The van der Waals surface area contributed by atoms with E-state index in [-0.39, 0.29) is 28.0 Å². The minimum Gasteiger partial charge on any atom is -0.386 e. The molecule has 0 aliphatic heterocycles. The summed E-state index contributed by atoms with van der Waals surface area (Å²) in [5, 5.41) is 0. The van der Waals surface area contributed by atoms with E-state index in [0.29, 0.717) is 4.32 Å². The molecule has 0 aliphatic rings. The van der Waals surface area contributed by atoms with Crippen LogP contribution in [-0.4, -0.2) is 16.8 Å². The molecular weight excluding hydrogens is 178 g/mol. The quantitative estimate of drug-likeness (QED) is 0.327. The van der Waals surface area contributed by atoms with Gasteiger partial charge in [-0.05, 0) is 12.5 Å². The number of thiol groups is 1. The fourth-order valence-electron chi connectivity index (χ4n) is 0. The monoisotopic (exact) mass is 186 g/mol. The van der Waals surface area contributed by atoms with Gasteiger partial charge in [0.1, 0.15) is 4.32 Å². The van der Waals surface area contributed by atoms with Crippen molar-refractivity contribution in [1.82, 2.24) is 0 Å². The largest absolute Gasteiger partial charge is 0.386 e. The van der Waals surface area contributed by atoms with Gasteiger partial charge < -0.3 is 5.73 Å². The molecular formula is C3H9CuNS2. The van der Waals surface area contributed by atoms with Gasteiger partial charge in [-0.3, -0.25) is 0 Å². The van der Waals surface area contributed by atoms with E-state index < -0.39 is 0 Å². The Bertz CT molecular complexity index is 64.0. The molecule has 0 aromatic rings. The van der Waals surface area contributed by atoms with Crippen molar-refractivity contribution in [3.8, 4) is 0 Å². The Morgan fingerprint density at radius 3 is 1.71 bits per heavy atom. The van der Waals surface area contributed by atoms with Crippen LogP contribution in [0.15, 0.2) is 0 Å². The van der Waals surface area contributed by atoms with Crippen LogP contribution in [0.5, 0.6) is 0 Å². The first-order valence-electron chi connectivity index (χ1n) is 1.61. The molecule has 0 aromatic carbocycles. The number of nitrogens with two attached hydrogens (primary N) is 1. The minimum absolute atomic E-state index is 0. The second-order valence-corrected chi connectivity index (χ2v) is 4.25. The summed E-state index contributed by atoms with van der Waals surface area (Å²) in [6.45, 7) is 0. The Kier molecular flexibility index (Phi) is 7.49. The van der Waals surface area contributed by atoms with E-state index in [1.165, 1.54) is 0 Å². The number of thiocarbonyl (C=S) groups is 1. The molecule has 0 fully saturated rings. The van der Waals surface area contributed by atoms with Crippen molar-refractivity contribution in [3.63, 3.8) is 0 Å². The summed E-state index contributed by atoms with van der Waals surface area (Å²) in [6, 6.07) is 0. The van der Waals surface area contributed by atoms with Crippen molar-refractivity contribution in [2.24, 2.45) is 5.73 Å². The minimum atomic E-state index is -0.150. The molecule has 0 amide bonds. The average molecular weight is 187 g/mol. The SMILES string of the molecule is C[SH](C)C(N)=S.[Cu]. The Balaban J connectivity index is 0. The topological polar surface area (TPSA) is 26.0 Å². The molecule has 0 saturated carbocycles. The molecule has 0 bridgehead atoms. The van der Waals surface area contributed by atoms with E-state index in [4.69, 9.17) is 5.73 Å². The van der Waals surface area contributed by atoms with Crippen molar-refractivity contribution in [2.75, 3.05) is 12.5 Å². The second kappa shape index (κ2) is 4.91. The van der Waals surface area contributed by atoms with E-state index in [9.17, 15) is 0 Å². The predicted molar refractivity (Wildman–Crippen MR) is 37.6 cm³/mol. The molecule has 0 aromatic heterocycles. The van der Waals surface area contributed by atoms with Crippen molar-refractivity contribution in [2.45, 2.75) is 0 Å². The Hall–Kier alpha value is 0.759. The first-order valence-corrected chi connectivity index (χ1v) is 4.26. The summed E-state index contributed by atoms with van der Waals surface area (Å²) >= 11 is 4.63. The van der Waals surface area contributed by atoms with Crippen LogP contribution in [0.2, 0.25) is 0 Å². The summed E-state index contributed by atoms with van der Waals surface area (Å²) in [7, 11) is -0.150. The zero-order chi connectivity index (χ0) is 5.15. The van der Waals surface area contributed by atoms with Crippen LogP contribution in [0.4, 0.5) is 0 Å². The second-order valence-electron chi connectivity index (χ2n) is 1.23. The van der Waals surface area contributed by atoms with Crippen molar-refractivity contribution < 1.29 is 17.1 Å². The van der Waals surface area contributed by atoms with Gasteiger partial charge in [-0.2, -0.15) is 0 Å². The summed E-state index contributed by atoms with van der Waals surface area (Å²) in [5.41, 5.74) is 5.20. The Morgan fingerprint density at radius 1 is 1.57 bits per heavy atom. The van der Waals surface area contributed by atoms with Crippen molar-refractivity contribution in [3.05, 3.63) is 0 Å². The molecule has 0 saturated heterocycles. The van der Waals surface area contributed by atoms with Gasteiger partial charge in [0.05, 0.1) is 0 Å². The first-order chi connectivity index (χ1) is 2.64. The maximum Gasteiger partial charge on any atom is 0.110 e. The maximum atomic E-state index is 5.20. The Labute approximate surface area is 62.9 Å². The number of rotatable bonds is 0. The number of hydrogen-bond acceptors (Lipinski definition) is 1. The zero-order valence-electron chi connectivity index (χ0n) is 4.23. The van der Waals surface area contributed by atoms with Gasteiger partial charge in [0.2, 0.25) is 0 Å². The summed E-state index contributed by atoms with van der Waals surface area (Å²) < 4.78 is 0.657. The summed E-state index contributed by atoms with van der Waals surface area (Å²) in [5.74, 6) is 0. The molecule has 7 heavy (non-hydrogen) atoms. The van der Waals surface area contributed by atoms with E-state index in [1.807, 2.05) is 12.5 Å². The molecule has 0 spiro atoms. The summed E-state index contributed by atoms with van der Waals surface area (Å²) in [4.78, 5) is 0. The van der Waals surface area contributed by atoms with Gasteiger partial charge in [0.15, 0.2) is 0 Å². The third-order valence-corrected chi connectivity index (χ3v) is 2.42. The molecule has 2 N–H and O–H groups in total. The van der Waals surface area contributed by atoms with Crippen LogP contribution >= 0.6 is 23.1 Å². The summed E-state index contributed by atoms with van der Waals surface area (Å²) in [6.07, 6.45) is 4.08. The van der Waals surface area contributed by atoms with Crippen LogP contribution in [0.3, 0.4) is 0 Å². The average Bonchev–Trinajstić information content (AvgIpc) is 1.36. The third-order valence-electron chi connectivity index (χ3n) is 0.441. The molecule has 0 aliphatic carbocycles.